The zero-order valence-electron chi connectivity index (χ0n) is 12.7. The lowest BCUT2D eigenvalue weighted by Crippen LogP contribution is -2.40. The van der Waals surface area contributed by atoms with E-state index in [9.17, 15) is 18.3 Å². The van der Waals surface area contributed by atoms with Crippen LogP contribution in [0.5, 0.6) is 0 Å². The van der Waals surface area contributed by atoms with Gasteiger partial charge in [0.05, 0.1) is 16.8 Å². The fourth-order valence-corrected chi connectivity index (χ4v) is 4.79. The van der Waals surface area contributed by atoms with Crippen molar-refractivity contribution in [3.05, 3.63) is 11.4 Å². The van der Waals surface area contributed by atoms with Crippen LogP contribution in [-0.2, 0) is 14.8 Å². The third kappa shape index (κ3) is 2.36. The van der Waals surface area contributed by atoms with Crippen LogP contribution in [0.2, 0.25) is 0 Å². The van der Waals surface area contributed by atoms with Crippen molar-refractivity contribution in [1.29, 1.82) is 0 Å². The predicted octanol–water partition coefficient (Wildman–Crippen LogP) is 1.15. The molecule has 2 N–H and O–H groups in total. The number of aromatic amines is 1. The standard InChI is InChI=1S/C13H21N3O4S/c1-8(2)13(12(17)18)5-6-16(7-13)21(19,20)11-9(3)14-15-10(11)4/h8H,5-7H2,1-4H3,(H,14,15)(H,17,18). The zero-order chi connectivity index (χ0) is 16.0. The second-order valence-corrected chi connectivity index (χ2v) is 7.84. The van der Waals surface area contributed by atoms with Crippen LogP contribution in [0.3, 0.4) is 0 Å². The van der Waals surface area contributed by atoms with Gasteiger partial charge in [-0.25, -0.2) is 8.42 Å². The molecule has 1 atom stereocenters. The van der Waals surface area contributed by atoms with Crippen LogP contribution in [0.4, 0.5) is 0 Å². The first kappa shape index (κ1) is 16.0. The molecule has 2 heterocycles. The van der Waals surface area contributed by atoms with Crippen molar-refractivity contribution in [3.63, 3.8) is 0 Å². The monoisotopic (exact) mass is 315 g/mol. The topological polar surface area (TPSA) is 103 Å². The summed E-state index contributed by atoms with van der Waals surface area (Å²) in [7, 11) is -3.72. The van der Waals surface area contributed by atoms with Crippen LogP contribution in [-0.4, -0.2) is 47.1 Å². The number of H-pyrrole nitrogens is 1. The number of nitrogens with one attached hydrogen (secondary N) is 1. The Labute approximate surface area is 124 Å². The van der Waals surface area contributed by atoms with E-state index in [2.05, 4.69) is 10.2 Å². The summed E-state index contributed by atoms with van der Waals surface area (Å²) in [6.45, 7) is 7.13. The van der Waals surface area contributed by atoms with Crippen LogP contribution in [0.25, 0.3) is 0 Å². The van der Waals surface area contributed by atoms with Crippen molar-refractivity contribution in [2.24, 2.45) is 11.3 Å². The van der Waals surface area contributed by atoms with Crippen molar-refractivity contribution < 1.29 is 18.3 Å². The average Bonchev–Trinajstić information content (AvgIpc) is 2.94. The number of carbonyl (C=O) groups is 1. The minimum Gasteiger partial charge on any atom is -0.481 e. The molecule has 1 saturated heterocycles. The Morgan fingerprint density at radius 2 is 2.05 bits per heavy atom. The van der Waals surface area contributed by atoms with Gasteiger partial charge in [-0.1, -0.05) is 13.8 Å². The first-order chi connectivity index (χ1) is 9.63. The molecule has 0 amide bonds. The van der Waals surface area contributed by atoms with Gasteiger partial charge in [-0.15, -0.1) is 0 Å². The number of carboxylic acids is 1. The van der Waals surface area contributed by atoms with Crippen LogP contribution in [0, 0.1) is 25.2 Å². The van der Waals surface area contributed by atoms with Gasteiger partial charge in [-0.05, 0) is 26.2 Å². The summed E-state index contributed by atoms with van der Waals surface area (Å²) in [5, 5.41) is 16.1. The molecule has 1 unspecified atom stereocenters. The van der Waals surface area contributed by atoms with Crippen molar-refractivity contribution in [2.45, 2.75) is 39.0 Å². The molecule has 21 heavy (non-hydrogen) atoms. The van der Waals surface area contributed by atoms with Gasteiger partial charge >= 0.3 is 5.97 Å². The molecule has 0 spiro atoms. The van der Waals surface area contributed by atoms with Gasteiger partial charge < -0.3 is 5.11 Å². The minimum absolute atomic E-state index is 0.00634. The Kier molecular flexibility index (Phi) is 3.88. The lowest BCUT2D eigenvalue weighted by Gasteiger charge is -2.28. The van der Waals surface area contributed by atoms with Gasteiger partial charge in [-0.3, -0.25) is 9.89 Å². The molecule has 1 aliphatic rings. The zero-order valence-corrected chi connectivity index (χ0v) is 13.5. The quantitative estimate of drug-likeness (QED) is 0.867. The molecule has 118 valence electrons. The van der Waals surface area contributed by atoms with E-state index in [-0.39, 0.29) is 23.9 Å². The average molecular weight is 315 g/mol. The van der Waals surface area contributed by atoms with Crippen molar-refractivity contribution >= 4 is 16.0 Å². The molecule has 0 saturated carbocycles. The van der Waals surface area contributed by atoms with Gasteiger partial charge in [0.15, 0.2) is 0 Å². The Hall–Kier alpha value is -1.41. The summed E-state index contributed by atoms with van der Waals surface area (Å²) >= 11 is 0. The smallest absolute Gasteiger partial charge is 0.311 e. The number of aliphatic carboxylic acids is 1. The molecule has 1 aromatic rings. The third-order valence-electron chi connectivity index (χ3n) is 4.46. The number of nitrogens with zero attached hydrogens (tertiary/aromatic N) is 2. The number of aryl methyl sites for hydroxylation is 2. The highest BCUT2D eigenvalue weighted by Crippen LogP contribution is 2.40. The molecule has 1 fully saturated rings. The minimum atomic E-state index is -3.72. The first-order valence-corrected chi connectivity index (χ1v) is 8.32. The summed E-state index contributed by atoms with van der Waals surface area (Å²) in [4.78, 5) is 11.8. The van der Waals surface area contributed by atoms with E-state index in [0.717, 1.165) is 0 Å². The van der Waals surface area contributed by atoms with Crippen molar-refractivity contribution in [2.75, 3.05) is 13.1 Å². The van der Waals surface area contributed by atoms with Gasteiger partial charge in [-0.2, -0.15) is 9.40 Å². The largest absolute Gasteiger partial charge is 0.481 e. The molecular weight excluding hydrogens is 294 g/mol. The Morgan fingerprint density at radius 3 is 2.43 bits per heavy atom. The molecule has 0 aromatic carbocycles. The second kappa shape index (κ2) is 5.10. The van der Waals surface area contributed by atoms with Crippen LogP contribution < -0.4 is 0 Å². The lowest BCUT2D eigenvalue weighted by molar-refractivity contribution is -0.150. The van der Waals surface area contributed by atoms with E-state index >= 15 is 0 Å². The van der Waals surface area contributed by atoms with Crippen molar-refractivity contribution in [1.82, 2.24) is 14.5 Å². The first-order valence-electron chi connectivity index (χ1n) is 6.88. The molecule has 2 rings (SSSR count). The lowest BCUT2D eigenvalue weighted by atomic mass is 9.77. The molecule has 0 aliphatic carbocycles. The summed E-state index contributed by atoms with van der Waals surface area (Å²) in [5.41, 5.74) is -0.131. The number of carboxylic acid groups (broad SMARTS) is 1. The fraction of sp³-hybridized carbons (Fsp3) is 0.692. The normalized spacial score (nSPS) is 23.9. The van der Waals surface area contributed by atoms with E-state index in [0.29, 0.717) is 17.8 Å². The Balaban J connectivity index is 2.39. The summed E-state index contributed by atoms with van der Waals surface area (Å²) < 4.78 is 26.8. The molecule has 0 bridgehead atoms. The van der Waals surface area contributed by atoms with Gasteiger partial charge in [0.2, 0.25) is 10.0 Å². The maximum Gasteiger partial charge on any atom is 0.311 e. The molecule has 0 radical (unpaired) electrons. The highest BCUT2D eigenvalue weighted by Gasteiger charge is 2.50. The Bertz CT molecular complexity index is 645. The number of hydrogen-bond acceptors (Lipinski definition) is 4. The number of aromatic nitrogens is 2. The number of sulfonamides is 1. The van der Waals surface area contributed by atoms with E-state index in [1.807, 2.05) is 13.8 Å². The summed E-state index contributed by atoms with van der Waals surface area (Å²) in [6, 6.07) is 0. The van der Waals surface area contributed by atoms with E-state index in [4.69, 9.17) is 0 Å². The molecule has 8 heteroatoms. The fourth-order valence-electron chi connectivity index (χ4n) is 2.94. The van der Waals surface area contributed by atoms with E-state index in [1.54, 1.807) is 13.8 Å². The summed E-state index contributed by atoms with van der Waals surface area (Å²) in [5.74, 6) is -1.07. The molecular formula is C13H21N3O4S. The van der Waals surface area contributed by atoms with Gasteiger partial charge in [0, 0.05) is 13.1 Å². The van der Waals surface area contributed by atoms with Gasteiger partial charge in [0.25, 0.3) is 0 Å². The van der Waals surface area contributed by atoms with E-state index < -0.39 is 21.4 Å². The molecule has 1 aliphatic heterocycles. The highest BCUT2D eigenvalue weighted by molar-refractivity contribution is 7.89. The maximum atomic E-state index is 12.7. The molecule has 7 nitrogen and oxygen atoms in total. The van der Waals surface area contributed by atoms with Crippen LogP contribution in [0.15, 0.2) is 4.90 Å². The Morgan fingerprint density at radius 1 is 1.43 bits per heavy atom. The van der Waals surface area contributed by atoms with E-state index in [1.165, 1.54) is 4.31 Å². The highest BCUT2D eigenvalue weighted by atomic mass is 32.2. The number of hydrogen-bond donors (Lipinski definition) is 2. The van der Waals surface area contributed by atoms with Crippen LogP contribution in [0.1, 0.15) is 31.7 Å². The second-order valence-electron chi connectivity index (χ2n) is 5.97. The van der Waals surface area contributed by atoms with Crippen molar-refractivity contribution in [3.8, 4) is 0 Å². The summed E-state index contributed by atoms with van der Waals surface area (Å²) in [6.07, 6.45) is 0.329. The maximum absolute atomic E-state index is 12.7. The van der Waals surface area contributed by atoms with Crippen LogP contribution >= 0.6 is 0 Å². The number of rotatable bonds is 4. The predicted molar refractivity (Wildman–Crippen MR) is 76.3 cm³/mol. The molecule has 1 aromatic heterocycles. The third-order valence-corrected chi connectivity index (χ3v) is 6.56. The van der Waals surface area contributed by atoms with Gasteiger partial charge in [0.1, 0.15) is 4.90 Å². The SMILES string of the molecule is Cc1n[nH]c(C)c1S(=O)(=O)N1CCC(C(=O)O)(C(C)C)C1.